The van der Waals surface area contributed by atoms with Gasteiger partial charge in [0.15, 0.2) is 11.5 Å². The van der Waals surface area contributed by atoms with Crippen molar-refractivity contribution in [1.29, 1.82) is 0 Å². The largest absolute Gasteiger partial charge is 0.573 e. The van der Waals surface area contributed by atoms with Crippen LogP contribution in [0.1, 0.15) is 12.5 Å². The van der Waals surface area contributed by atoms with Crippen molar-refractivity contribution in [3.8, 4) is 11.5 Å². The van der Waals surface area contributed by atoms with Crippen LogP contribution in [0.3, 0.4) is 0 Å². The van der Waals surface area contributed by atoms with Crippen LogP contribution in [0.4, 0.5) is 13.2 Å². The molecule has 100 valence electrons. The zero-order chi connectivity index (χ0) is 13.8. The lowest BCUT2D eigenvalue weighted by molar-refractivity contribution is -0.275. The Morgan fingerprint density at radius 1 is 1.39 bits per heavy atom. The van der Waals surface area contributed by atoms with Crippen LogP contribution < -0.4 is 4.74 Å². The summed E-state index contributed by atoms with van der Waals surface area (Å²) in [7, 11) is 0. The van der Waals surface area contributed by atoms with E-state index in [9.17, 15) is 23.1 Å². The number of benzene rings is 1. The van der Waals surface area contributed by atoms with Gasteiger partial charge in [0.2, 0.25) is 0 Å². The zero-order valence-electron chi connectivity index (χ0n) is 9.45. The molecule has 4 nitrogen and oxygen atoms in total. The van der Waals surface area contributed by atoms with E-state index < -0.39 is 23.8 Å². The van der Waals surface area contributed by atoms with Gasteiger partial charge in [-0.15, -0.1) is 13.2 Å². The monoisotopic (exact) mass is 264 g/mol. The highest BCUT2D eigenvalue weighted by Crippen LogP contribution is 2.34. The molecule has 0 aliphatic rings. The van der Waals surface area contributed by atoms with Gasteiger partial charge in [0.1, 0.15) is 0 Å². The molecular weight excluding hydrogens is 253 g/mol. The Morgan fingerprint density at radius 3 is 2.61 bits per heavy atom. The lowest BCUT2D eigenvalue weighted by atomic mass is 10.1. The van der Waals surface area contributed by atoms with E-state index >= 15 is 0 Å². The van der Waals surface area contributed by atoms with Crippen LogP contribution in [-0.2, 0) is 16.0 Å². The molecule has 0 atom stereocenters. The van der Waals surface area contributed by atoms with Crippen molar-refractivity contribution in [2.75, 3.05) is 6.61 Å². The third kappa shape index (κ3) is 4.15. The van der Waals surface area contributed by atoms with Crippen LogP contribution in [0.5, 0.6) is 11.5 Å². The lowest BCUT2D eigenvalue weighted by Gasteiger charge is -2.12. The van der Waals surface area contributed by atoms with Gasteiger partial charge < -0.3 is 14.6 Å². The molecule has 0 aromatic heterocycles. The number of hydrogen-bond donors (Lipinski definition) is 1. The first-order valence-electron chi connectivity index (χ1n) is 5.05. The van der Waals surface area contributed by atoms with E-state index in [0.717, 1.165) is 6.07 Å². The summed E-state index contributed by atoms with van der Waals surface area (Å²) >= 11 is 0. The first-order chi connectivity index (χ1) is 8.33. The highest BCUT2D eigenvalue weighted by atomic mass is 19.4. The average molecular weight is 264 g/mol. The normalized spacial score (nSPS) is 11.1. The Kier molecular flexibility index (Phi) is 4.41. The number of phenols is 1. The number of rotatable bonds is 4. The Labute approximate surface area is 101 Å². The number of carbonyl (C=O) groups is 1. The van der Waals surface area contributed by atoms with Crippen molar-refractivity contribution in [2.24, 2.45) is 0 Å². The third-order valence-corrected chi connectivity index (χ3v) is 1.95. The van der Waals surface area contributed by atoms with Gasteiger partial charge in [0, 0.05) is 5.56 Å². The molecule has 0 saturated heterocycles. The molecule has 0 unspecified atom stereocenters. The molecule has 0 spiro atoms. The maximum absolute atomic E-state index is 12.0. The predicted molar refractivity (Wildman–Crippen MR) is 55.1 cm³/mol. The second kappa shape index (κ2) is 5.61. The van der Waals surface area contributed by atoms with E-state index in [-0.39, 0.29) is 18.6 Å². The standard InChI is InChI=1S/C11H11F3O4/c1-2-17-9(15)6-7-4-3-5-8(10(7)16)18-11(12,13)14/h3-5,16H,2,6H2,1H3. The van der Waals surface area contributed by atoms with E-state index in [1.54, 1.807) is 6.92 Å². The van der Waals surface area contributed by atoms with Crippen molar-refractivity contribution >= 4 is 5.97 Å². The molecule has 0 saturated carbocycles. The molecule has 0 amide bonds. The molecule has 0 bridgehead atoms. The van der Waals surface area contributed by atoms with Crippen LogP contribution in [0.2, 0.25) is 0 Å². The number of aromatic hydroxyl groups is 1. The van der Waals surface area contributed by atoms with Gasteiger partial charge >= 0.3 is 12.3 Å². The molecule has 7 heteroatoms. The van der Waals surface area contributed by atoms with E-state index in [4.69, 9.17) is 0 Å². The van der Waals surface area contributed by atoms with Crippen molar-refractivity contribution in [1.82, 2.24) is 0 Å². The molecule has 1 rings (SSSR count). The van der Waals surface area contributed by atoms with Crippen molar-refractivity contribution in [2.45, 2.75) is 19.7 Å². The second-order valence-electron chi connectivity index (χ2n) is 3.29. The van der Waals surface area contributed by atoms with E-state index in [1.165, 1.54) is 12.1 Å². The molecule has 0 aliphatic heterocycles. The maximum Gasteiger partial charge on any atom is 0.573 e. The molecule has 18 heavy (non-hydrogen) atoms. The third-order valence-electron chi connectivity index (χ3n) is 1.95. The Hall–Kier alpha value is -1.92. The van der Waals surface area contributed by atoms with Crippen LogP contribution >= 0.6 is 0 Å². The minimum absolute atomic E-state index is 0.00944. The molecular formula is C11H11F3O4. The van der Waals surface area contributed by atoms with Gasteiger partial charge in [-0.1, -0.05) is 12.1 Å². The molecule has 0 radical (unpaired) electrons. The molecule has 1 aromatic carbocycles. The highest BCUT2D eigenvalue weighted by Gasteiger charge is 2.32. The van der Waals surface area contributed by atoms with Crippen LogP contribution in [0, 0.1) is 0 Å². The second-order valence-corrected chi connectivity index (χ2v) is 3.29. The minimum atomic E-state index is -4.90. The number of ether oxygens (including phenoxy) is 2. The highest BCUT2D eigenvalue weighted by molar-refractivity contribution is 5.74. The SMILES string of the molecule is CCOC(=O)Cc1cccc(OC(F)(F)F)c1O. The van der Waals surface area contributed by atoms with E-state index in [0.29, 0.717) is 0 Å². The first kappa shape index (κ1) is 14.1. The number of para-hydroxylation sites is 1. The number of esters is 1. The zero-order valence-corrected chi connectivity index (χ0v) is 9.45. The summed E-state index contributed by atoms with van der Waals surface area (Å²) in [5.74, 6) is -2.11. The summed E-state index contributed by atoms with van der Waals surface area (Å²) in [5, 5.41) is 9.54. The van der Waals surface area contributed by atoms with Gasteiger partial charge in [0.05, 0.1) is 13.0 Å². The molecule has 1 aromatic rings. The smallest absolute Gasteiger partial charge is 0.504 e. The van der Waals surface area contributed by atoms with Crippen LogP contribution in [0.25, 0.3) is 0 Å². The van der Waals surface area contributed by atoms with Crippen molar-refractivity contribution in [3.05, 3.63) is 23.8 Å². The number of carbonyl (C=O) groups excluding carboxylic acids is 1. The minimum Gasteiger partial charge on any atom is -0.504 e. The summed E-state index contributed by atoms with van der Waals surface area (Å²) in [4.78, 5) is 11.2. The average Bonchev–Trinajstić information content (AvgIpc) is 2.22. The number of phenolic OH excluding ortho intramolecular Hbond substituents is 1. The first-order valence-corrected chi connectivity index (χ1v) is 5.05. The summed E-state index contributed by atoms with van der Waals surface area (Å²) in [6, 6.07) is 3.52. The van der Waals surface area contributed by atoms with Gasteiger partial charge in [-0.3, -0.25) is 4.79 Å². The molecule has 1 N–H and O–H groups in total. The maximum atomic E-state index is 12.0. The van der Waals surface area contributed by atoms with E-state index in [1.807, 2.05) is 0 Å². The van der Waals surface area contributed by atoms with Crippen LogP contribution in [0.15, 0.2) is 18.2 Å². The summed E-state index contributed by atoms with van der Waals surface area (Å²) in [5.41, 5.74) is 0.00944. The van der Waals surface area contributed by atoms with Gasteiger partial charge in [-0.25, -0.2) is 0 Å². The Bertz CT molecular complexity index is 429. The van der Waals surface area contributed by atoms with Crippen molar-refractivity contribution in [3.63, 3.8) is 0 Å². The summed E-state index contributed by atoms with van der Waals surface area (Å²) in [6.45, 7) is 1.75. The van der Waals surface area contributed by atoms with Crippen LogP contribution in [-0.4, -0.2) is 24.0 Å². The topological polar surface area (TPSA) is 55.8 Å². The fourth-order valence-corrected chi connectivity index (χ4v) is 1.28. The quantitative estimate of drug-likeness (QED) is 0.848. The van der Waals surface area contributed by atoms with Gasteiger partial charge in [-0.05, 0) is 13.0 Å². The molecule has 0 heterocycles. The Balaban J connectivity index is 2.88. The number of halogens is 3. The number of hydrogen-bond acceptors (Lipinski definition) is 4. The predicted octanol–water partition coefficient (Wildman–Crippen LogP) is 2.40. The molecule has 0 fully saturated rings. The summed E-state index contributed by atoms with van der Waals surface area (Å²) in [6.07, 6.45) is -5.23. The fourth-order valence-electron chi connectivity index (χ4n) is 1.28. The molecule has 0 aliphatic carbocycles. The van der Waals surface area contributed by atoms with Gasteiger partial charge in [0.25, 0.3) is 0 Å². The fraction of sp³-hybridized carbons (Fsp3) is 0.364. The lowest BCUT2D eigenvalue weighted by Crippen LogP contribution is -2.17. The summed E-state index contributed by atoms with van der Waals surface area (Å²) < 4.78 is 44.3. The van der Waals surface area contributed by atoms with Crippen molar-refractivity contribution < 1.29 is 32.5 Å². The number of alkyl halides is 3. The Morgan fingerprint density at radius 2 is 2.06 bits per heavy atom. The van der Waals surface area contributed by atoms with Gasteiger partial charge in [-0.2, -0.15) is 0 Å². The van der Waals surface area contributed by atoms with E-state index in [2.05, 4.69) is 9.47 Å².